The highest BCUT2D eigenvalue weighted by Crippen LogP contribution is 2.33. The number of nitrogens with zero attached hydrogens (tertiary/aromatic N) is 1. The van der Waals surface area contributed by atoms with Crippen LogP contribution in [0.1, 0.15) is 11.1 Å². The van der Waals surface area contributed by atoms with E-state index in [2.05, 4.69) is 10.2 Å². The Morgan fingerprint density at radius 3 is 1.61 bits per heavy atom. The van der Waals surface area contributed by atoms with Gasteiger partial charge in [-0.25, -0.2) is 18.6 Å². The van der Waals surface area contributed by atoms with Gasteiger partial charge in [0.2, 0.25) is 0 Å². The summed E-state index contributed by atoms with van der Waals surface area (Å²) in [7, 11) is -4.94. The molecule has 8 heteroatoms. The average molecular weight is 399 g/mol. The van der Waals surface area contributed by atoms with Gasteiger partial charge in [-0.2, -0.15) is 0 Å². The van der Waals surface area contributed by atoms with E-state index in [0.717, 1.165) is 33.9 Å². The smallest absolute Gasteiger partial charge is 0.196 e. The van der Waals surface area contributed by atoms with Crippen LogP contribution in [0.3, 0.4) is 0 Å². The van der Waals surface area contributed by atoms with Crippen molar-refractivity contribution in [3.63, 3.8) is 0 Å². The summed E-state index contributed by atoms with van der Waals surface area (Å²) >= 11 is 0. The number of allylic oxidation sites excluding steroid dienone is 4. The van der Waals surface area contributed by atoms with Crippen LogP contribution in [0.15, 0.2) is 101 Å². The van der Waals surface area contributed by atoms with Gasteiger partial charge in [-0.3, -0.25) is 0 Å². The van der Waals surface area contributed by atoms with E-state index < -0.39 is 10.2 Å². The number of ether oxygens (including phenoxy) is 1. The van der Waals surface area contributed by atoms with Gasteiger partial charge in [-0.15, -0.1) is 15.4 Å². The summed E-state index contributed by atoms with van der Waals surface area (Å²) in [5, 5.41) is 7.16. The van der Waals surface area contributed by atoms with E-state index in [1.54, 1.807) is 0 Å². The third-order valence-electron chi connectivity index (χ3n) is 3.71. The molecule has 0 atom stereocenters. The Morgan fingerprint density at radius 2 is 1.21 bits per heavy atom. The van der Waals surface area contributed by atoms with Gasteiger partial charge in [-0.1, -0.05) is 60.7 Å². The second-order valence-corrected chi connectivity index (χ2v) is 6.40. The first-order valence-corrected chi connectivity index (χ1v) is 9.34. The number of hydrogen-bond donors (Lipinski definition) is 1. The minimum absolute atomic E-state index is 0.824. The fourth-order valence-electron chi connectivity index (χ4n) is 2.56. The molecular weight excluding hydrogens is 384 g/mol. The average Bonchev–Trinajstić information content (AvgIpc) is 3.23. The molecular formula is C20H15ClN2O5. The number of halogens is 1. The summed E-state index contributed by atoms with van der Waals surface area (Å²) in [4.78, 5) is 0. The molecule has 2 aromatic rings. The van der Waals surface area contributed by atoms with E-state index >= 15 is 0 Å². The van der Waals surface area contributed by atoms with Crippen molar-refractivity contribution in [3.05, 3.63) is 107 Å². The second-order valence-electron chi connectivity index (χ2n) is 5.64. The lowest BCUT2D eigenvalue weighted by atomic mass is 10.0. The summed E-state index contributed by atoms with van der Waals surface area (Å²) in [6.07, 6.45) is 7.83. The van der Waals surface area contributed by atoms with Crippen molar-refractivity contribution in [2.24, 2.45) is 5.11 Å². The zero-order valence-corrected chi connectivity index (χ0v) is 15.2. The van der Waals surface area contributed by atoms with Crippen LogP contribution in [0.5, 0.6) is 0 Å². The molecule has 0 aliphatic carbocycles. The van der Waals surface area contributed by atoms with Crippen LogP contribution in [0.2, 0.25) is 0 Å². The fourth-order valence-corrected chi connectivity index (χ4v) is 2.56. The molecule has 142 valence electrons. The molecule has 0 unspecified atom stereocenters. The minimum Gasteiger partial charge on any atom is -0.456 e. The molecule has 0 spiro atoms. The normalized spacial score (nSPS) is 15.4. The van der Waals surface area contributed by atoms with Gasteiger partial charge in [0.1, 0.15) is 17.2 Å². The third-order valence-corrected chi connectivity index (χ3v) is 3.71. The standard InChI is InChI=1S/C20H14N2O.ClHO4/c1-3-7-15(8-4-1)19-13-17(18-11-12-21-22-18)14-20(23-19)16-9-5-2-6-10-16;2-1(3,4)5/h1-14H;(H,2,3,4,5). The predicted octanol–water partition coefficient (Wildman–Crippen LogP) is -1.34. The molecule has 0 aromatic heterocycles. The largest absolute Gasteiger partial charge is 0.456 e. The molecule has 1 N–H and O–H groups in total. The summed E-state index contributed by atoms with van der Waals surface area (Å²) in [6, 6.07) is 20.2. The van der Waals surface area contributed by atoms with Gasteiger partial charge in [0.05, 0.1) is 0 Å². The predicted molar refractivity (Wildman–Crippen MR) is 89.5 cm³/mol. The van der Waals surface area contributed by atoms with E-state index in [1.807, 2.05) is 85.1 Å². The molecule has 0 radical (unpaired) electrons. The molecule has 2 aliphatic rings. The molecule has 0 bridgehead atoms. The van der Waals surface area contributed by atoms with Gasteiger partial charge in [-0.05, 0) is 17.3 Å². The SMILES string of the molecule is C1=CC(=C2C=C(c3ccccc3)OC(c3ccccc3)=C2)N=[NH+]1.[O-][Cl+3]([O-])([O-])[O-]. The zero-order valence-electron chi connectivity index (χ0n) is 14.4. The summed E-state index contributed by atoms with van der Waals surface area (Å²) in [5.41, 5.74) is 4.01. The molecule has 0 fully saturated rings. The van der Waals surface area contributed by atoms with Crippen LogP contribution in [-0.4, -0.2) is 0 Å². The van der Waals surface area contributed by atoms with Crippen LogP contribution >= 0.6 is 0 Å². The van der Waals surface area contributed by atoms with Crippen molar-refractivity contribution >= 4 is 11.5 Å². The molecule has 0 saturated carbocycles. The Hall–Kier alpha value is -3.07. The second kappa shape index (κ2) is 8.75. The summed E-state index contributed by atoms with van der Waals surface area (Å²) in [6.45, 7) is 0. The first kappa shape index (κ1) is 19.7. The summed E-state index contributed by atoms with van der Waals surface area (Å²) in [5.74, 6) is 1.65. The maximum Gasteiger partial charge on any atom is 0.196 e. The van der Waals surface area contributed by atoms with E-state index in [9.17, 15) is 0 Å². The third kappa shape index (κ3) is 5.71. The number of nitrogens with one attached hydrogen (secondary N) is 1. The van der Waals surface area contributed by atoms with Crippen molar-refractivity contribution in [1.82, 2.24) is 0 Å². The maximum absolute atomic E-state index is 8.49. The molecule has 4 rings (SSSR count). The molecule has 7 nitrogen and oxygen atoms in total. The van der Waals surface area contributed by atoms with Crippen molar-refractivity contribution in [1.29, 1.82) is 0 Å². The van der Waals surface area contributed by atoms with Crippen molar-refractivity contribution < 1.29 is 38.7 Å². The van der Waals surface area contributed by atoms with Crippen LogP contribution in [0.4, 0.5) is 0 Å². The quantitative estimate of drug-likeness (QED) is 0.669. The van der Waals surface area contributed by atoms with Gasteiger partial charge in [0, 0.05) is 22.8 Å². The lowest BCUT2D eigenvalue weighted by Gasteiger charge is -2.19. The highest BCUT2D eigenvalue weighted by molar-refractivity contribution is 5.78. The van der Waals surface area contributed by atoms with E-state index in [4.69, 9.17) is 23.4 Å². The Bertz CT molecular complexity index is 897. The topological polar surface area (TPSA) is 128 Å². The van der Waals surface area contributed by atoms with Crippen LogP contribution < -0.4 is 23.8 Å². The highest BCUT2D eigenvalue weighted by atomic mass is 35.7. The molecule has 28 heavy (non-hydrogen) atoms. The van der Waals surface area contributed by atoms with Gasteiger partial charge in [0.15, 0.2) is 6.20 Å². The number of hydrogen-bond acceptors (Lipinski definition) is 6. The van der Waals surface area contributed by atoms with Crippen LogP contribution in [-0.2, 0) is 4.74 Å². The molecule has 2 heterocycles. The van der Waals surface area contributed by atoms with Gasteiger partial charge < -0.3 is 4.74 Å². The summed E-state index contributed by atoms with van der Waals surface area (Å²) < 4.78 is 40.1. The number of rotatable bonds is 2. The fraction of sp³-hybridized carbons (Fsp3) is 0. The number of benzene rings is 2. The van der Waals surface area contributed by atoms with Crippen LogP contribution in [0.25, 0.3) is 11.5 Å². The number of azo groups is 1. The Labute approximate surface area is 163 Å². The van der Waals surface area contributed by atoms with E-state index in [0.29, 0.717) is 0 Å². The van der Waals surface area contributed by atoms with Crippen molar-refractivity contribution in [2.45, 2.75) is 0 Å². The first-order valence-electron chi connectivity index (χ1n) is 8.11. The highest BCUT2D eigenvalue weighted by Gasteiger charge is 2.18. The Morgan fingerprint density at radius 1 is 0.750 bits per heavy atom. The first-order chi connectivity index (χ1) is 13.4. The lowest BCUT2D eigenvalue weighted by Crippen LogP contribution is -2.68. The van der Waals surface area contributed by atoms with Gasteiger partial charge >= 0.3 is 0 Å². The van der Waals surface area contributed by atoms with Crippen molar-refractivity contribution in [3.8, 4) is 0 Å². The van der Waals surface area contributed by atoms with E-state index in [1.165, 1.54) is 0 Å². The minimum atomic E-state index is -4.94. The van der Waals surface area contributed by atoms with Gasteiger partial charge in [0.25, 0.3) is 0 Å². The molecule has 2 aromatic carbocycles. The Kier molecular flexibility index (Phi) is 6.15. The maximum atomic E-state index is 8.49. The lowest BCUT2D eigenvalue weighted by molar-refractivity contribution is -2.00. The molecule has 0 amide bonds. The molecule has 0 saturated heterocycles. The van der Waals surface area contributed by atoms with Crippen LogP contribution in [0, 0.1) is 10.2 Å². The Balaban J connectivity index is 0.000000403. The monoisotopic (exact) mass is 398 g/mol. The molecule has 2 aliphatic heterocycles. The zero-order chi connectivity index (χ0) is 20.0. The van der Waals surface area contributed by atoms with Crippen molar-refractivity contribution in [2.75, 3.05) is 0 Å². The van der Waals surface area contributed by atoms with E-state index in [-0.39, 0.29) is 0 Å².